The Hall–Kier alpha value is -1.76. The Bertz CT molecular complexity index is 669. The number of amides is 1. The Morgan fingerprint density at radius 1 is 1.35 bits per heavy atom. The molecule has 1 heterocycles. The molecule has 0 bridgehead atoms. The van der Waals surface area contributed by atoms with Crippen molar-refractivity contribution in [3.05, 3.63) is 23.8 Å². The fraction of sp³-hybridized carbons (Fsp3) is 0.562. The fourth-order valence-electron chi connectivity index (χ4n) is 2.53. The van der Waals surface area contributed by atoms with E-state index in [1.54, 1.807) is 18.2 Å². The number of carbonyl (C=O) groups is 1. The molecule has 6 nitrogen and oxygen atoms in total. The zero-order chi connectivity index (χ0) is 17.0. The molecule has 2 rings (SSSR count). The molecular formula is C16H23NO5S. The lowest BCUT2D eigenvalue weighted by Crippen LogP contribution is -2.29. The highest BCUT2D eigenvalue weighted by molar-refractivity contribution is 7.91. The molecule has 1 aromatic rings. The average Bonchev–Trinajstić information content (AvgIpc) is 2.84. The Morgan fingerprint density at radius 2 is 2.09 bits per heavy atom. The summed E-state index contributed by atoms with van der Waals surface area (Å²) in [7, 11) is -1.40. The number of carbonyl (C=O) groups excluding carboxylic acids is 1. The summed E-state index contributed by atoms with van der Waals surface area (Å²) in [5.74, 6) is 1.19. The van der Waals surface area contributed by atoms with Gasteiger partial charge in [0, 0.05) is 12.1 Å². The van der Waals surface area contributed by atoms with Gasteiger partial charge in [-0.15, -0.1) is 0 Å². The highest BCUT2D eigenvalue weighted by atomic mass is 32.2. The molecule has 0 aromatic heterocycles. The van der Waals surface area contributed by atoms with Gasteiger partial charge in [0.1, 0.15) is 0 Å². The number of hydrogen-bond donors (Lipinski definition) is 1. The van der Waals surface area contributed by atoms with Crippen molar-refractivity contribution >= 4 is 15.7 Å². The molecule has 1 N–H and O–H groups in total. The van der Waals surface area contributed by atoms with E-state index in [1.165, 1.54) is 7.11 Å². The third kappa shape index (κ3) is 4.86. The smallest absolute Gasteiger partial charge is 0.251 e. The number of sulfone groups is 1. The second-order valence-electron chi connectivity index (χ2n) is 6.01. The van der Waals surface area contributed by atoms with Crippen LogP contribution in [0, 0.1) is 5.92 Å². The van der Waals surface area contributed by atoms with Crippen LogP contribution in [-0.4, -0.2) is 45.6 Å². The van der Waals surface area contributed by atoms with Crippen LogP contribution >= 0.6 is 0 Å². The molecule has 1 aliphatic heterocycles. The lowest BCUT2D eigenvalue weighted by atomic mass is 10.1. The predicted molar refractivity (Wildman–Crippen MR) is 87.9 cm³/mol. The van der Waals surface area contributed by atoms with Crippen LogP contribution in [0.4, 0.5) is 0 Å². The number of hydrogen-bond acceptors (Lipinski definition) is 5. The van der Waals surface area contributed by atoms with Crippen molar-refractivity contribution in [3.63, 3.8) is 0 Å². The molecule has 0 radical (unpaired) electrons. The second-order valence-corrected chi connectivity index (χ2v) is 8.24. The average molecular weight is 341 g/mol. The number of benzene rings is 1. The maximum Gasteiger partial charge on any atom is 0.251 e. The first-order chi connectivity index (χ1) is 10.8. The summed E-state index contributed by atoms with van der Waals surface area (Å²) in [5, 5.41) is 2.79. The van der Waals surface area contributed by atoms with Crippen LogP contribution in [0.1, 0.15) is 30.6 Å². The Kier molecular flexibility index (Phi) is 5.51. The van der Waals surface area contributed by atoms with E-state index >= 15 is 0 Å². The van der Waals surface area contributed by atoms with Gasteiger partial charge in [-0.3, -0.25) is 4.79 Å². The summed E-state index contributed by atoms with van der Waals surface area (Å²) in [5.41, 5.74) is 0.457. The number of methoxy groups -OCH3 is 1. The molecule has 1 fully saturated rings. The van der Waals surface area contributed by atoms with Gasteiger partial charge in [-0.05, 0) is 44.4 Å². The Balaban J connectivity index is 1.99. The van der Waals surface area contributed by atoms with Crippen LogP contribution in [0.25, 0.3) is 0 Å². The van der Waals surface area contributed by atoms with Gasteiger partial charge in [0.2, 0.25) is 0 Å². The summed E-state index contributed by atoms with van der Waals surface area (Å²) in [4.78, 5) is 12.2. The van der Waals surface area contributed by atoms with Crippen LogP contribution in [-0.2, 0) is 9.84 Å². The summed E-state index contributed by atoms with van der Waals surface area (Å²) >= 11 is 0. The standard InChI is InChI=1S/C16H23NO5S/c1-11(2)22-14-5-4-13(8-15(14)21-3)16(18)17-9-12-6-7-23(19,20)10-12/h4-5,8,11-12H,6-7,9-10H2,1-3H3,(H,17,18). The lowest BCUT2D eigenvalue weighted by Gasteiger charge is -2.15. The lowest BCUT2D eigenvalue weighted by molar-refractivity contribution is 0.0948. The van der Waals surface area contributed by atoms with E-state index in [0.717, 1.165) is 0 Å². The predicted octanol–water partition coefficient (Wildman–Crippen LogP) is 1.65. The van der Waals surface area contributed by atoms with Crippen molar-refractivity contribution in [3.8, 4) is 11.5 Å². The first kappa shape index (κ1) is 17.6. The van der Waals surface area contributed by atoms with Gasteiger partial charge in [-0.1, -0.05) is 0 Å². The minimum absolute atomic E-state index is 0.00519. The molecule has 0 aliphatic carbocycles. The molecule has 1 unspecified atom stereocenters. The van der Waals surface area contributed by atoms with Crippen LogP contribution in [0.15, 0.2) is 18.2 Å². The maximum absolute atomic E-state index is 12.2. The zero-order valence-corrected chi connectivity index (χ0v) is 14.5. The number of nitrogens with one attached hydrogen (secondary N) is 1. The van der Waals surface area contributed by atoms with Gasteiger partial charge < -0.3 is 14.8 Å². The summed E-state index contributed by atoms with van der Waals surface area (Å²) in [6.45, 7) is 4.19. The maximum atomic E-state index is 12.2. The molecule has 0 saturated carbocycles. The van der Waals surface area contributed by atoms with E-state index in [0.29, 0.717) is 30.0 Å². The van der Waals surface area contributed by atoms with E-state index in [4.69, 9.17) is 9.47 Å². The summed E-state index contributed by atoms with van der Waals surface area (Å²) in [6.07, 6.45) is 0.612. The quantitative estimate of drug-likeness (QED) is 0.851. The van der Waals surface area contributed by atoms with Gasteiger partial charge in [0.15, 0.2) is 21.3 Å². The van der Waals surface area contributed by atoms with E-state index in [2.05, 4.69) is 5.32 Å². The molecule has 1 atom stereocenters. The van der Waals surface area contributed by atoms with Crippen LogP contribution in [0.3, 0.4) is 0 Å². The van der Waals surface area contributed by atoms with Crippen LogP contribution in [0.2, 0.25) is 0 Å². The zero-order valence-electron chi connectivity index (χ0n) is 13.7. The largest absolute Gasteiger partial charge is 0.493 e. The molecule has 1 saturated heterocycles. The van der Waals surface area contributed by atoms with Gasteiger partial charge in [0.05, 0.1) is 24.7 Å². The Labute approximate surface area is 137 Å². The molecule has 1 aliphatic rings. The van der Waals surface area contributed by atoms with E-state index < -0.39 is 9.84 Å². The molecule has 7 heteroatoms. The van der Waals surface area contributed by atoms with E-state index in [1.807, 2.05) is 13.8 Å². The fourth-order valence-corrected chi connectivity index (χ4v) is 4.39. The molecule has 128 valence electrons. The van der Waals surface area contributed by atoms with Crippen molar-refractivity contribution in [2.45, 2.75) is 26.4 Å². The molecule has 0 spiro atoms. The first-order valence-electron chi connectivity index (χ1n) is 7.64. The van der Waals surface area contributed by atoms with Gasteiger partial charge >= 0.3 is 0 Å². The van der Waals surface area contributed by atoms with Crippen molar-refractivity contribution in [1.29, 1.82) is 0 Å². The Morgan fingerprint density at radius 3 is 2.65 bits per heavy atom. The highest BCUT2D eigenvalue weighted by Crippen LogP contribution is 2.29. The minimum Gasteiger partial charge on any atom is -0.493 e. The minimum atomic E-state index is -2.92. The van der Waals surface area contributed by atoms with Crippen LogP contribution in [0.5, 0.6) is 11.5 Å². The van der Waals surface area contributed by atoms with Crippen molar-refractivity contribution in [2.75, 3.05) is 25.2 Å². The van der Waals surface area contributed by atoms with Crippen molar-refractivity contribution < 1.29 is 22.7 Å². The number of ether oxygens (including phenoxy) is 2. The van der Waals surface area contributed by atoms with Gasteiger partial charge in [-0.2, -0.15) is 0 Å². The van der Waals surface area contributed by atoms with Gasteiger partial charge in [0.25, 0.3) is 5.91 Å². The molecule has 1 amide bonds. The third-order valence-corrected chi connectivity index (χ3v) is 5.50. The van der Waals surface area contributed by atoms with E-state index in [9.17, 15) is 13.2 Å². The summed E-state index contributed by atoms with van der Waals surface area (Å²) in [6, 6.07) is 4.99. The van der Waals surface area contributed by atoms with Crippen molar-refractivity contribution in [1.82, 2.24) is 5.32 Å². The summed E-state index contributed by atoms with van der Waals surface area (Å²) < 4.78 is 33.7. The number of rotatable bonds is 6. The first-order valence-corrected chi connectivity index (χ1v) is 9.46. The SMILES string of the molecule is COc1cc(C(=O)NCC2CCS(=O)(=O)C2)ccc1OC(C)C. The highest BCUT2D eigenvalue weighted by Gasteiger charge is 2.28. The third-order valence-electron chi connectivity index (χ3n) is 3.67. The molecule has 23 heavy (non-hydrogen) atoms. The van der Waals surface area contributed by atoms with E-state index in [-0.39, 0.29) is 29.4 Å². The normalized spacial score (nSPS) is 19.6. The topological polar surface area (TPSA) is 81.7 Å². The molecular weight excluding hydrogens is 318 g/mol. The van der Waals surface area contributed by atoms with Crippen LogP contribution < -0.4 is 14.8 Å². The van der Waals surface area contributed by atoms with Crippen molar-refractivity contribution in [2.24, 2.45) is 5.92 Å². The van der Waals surface area contributed by atoms with Gasteiger partial charge in [-0.25, -0.2) is 8.42 Å². The second kappa shape index (κ2) is 7.21. The monoisotopic (exact) mass is 341 g/mol. The molecule has 1 aromatic carbocycles.